The Morgan fingerprint density at radius 1 is 1.11 bits per heavy atom. The standard InChI is InChI=1S/C27H32N4O4/c28-26(29)21-12-10-20(11-13-21)8-4-14-30-24(32)18-23-16-22(17-25(33)34)27(35)31(23)15-5-9-19-6-2-1-3-7-19/h1-4,6-8,10-13,22-23H,5,9,14-18H2,(H3,28,29)(H,30,32)(H,33,34)/t22-,23-/m0/s1. The summed E-state index contributed by atoms with van der Waals surface area (Å²) < 4.78 is 0. The predicted octanol–water partition coefficient (Wildman–Crippen LogP) is 2.81. The second kappa shape index (κ2) is 12.5. The molecule has 0 aliphatic carbocycles. The third kappa shape index (κ3) is 7.81. The van der Waals surface area contributed by atoms with Crippen molar-refractivity contribution in [3.05, 3.63) is 77.4 Å². The van der Waals surface area contributed by atoms with Gasteiger partial charge in [0.1, 0.15) is 5.84 Å². The van der Waals surface area contributed by atoms with Gasteiger partial charge in [-0.15, -0.1) is 0 Å². The summed E-state index contributed by atoms with van der Waals surface area (Å²) in [5.74, 6) is -1.92. The molecule has 2 aromatic rings. The lowest BCUT2D eigenvalue weighted by Crippen LogP contribution is -2.38. The number of nitrogens with zero attached hydrogens (tertiary/aromatic N) is 1. The van der Waals surface area contributed by atoms with Gasteiger partial charge in [-0.05, 0) is 30.4 Å². The molecule has 1 aliphatic rings. The number of nitrogens with one attached hydrogen (secondary N) is 2. The fourth-order valence-corrected chi connectivity index (χ4v) is 4.36. The van der Waals surface area contributed by atoms with Crippen LogP contribution in [0.15, 0.2) is 60.7 Å². The first-order chi connectivity index (χ1) is 16.8. The zero-order valence-electron chi connectivity index (χ0n) is 19.7. The molecule has 2 amide bonds. The van der Waals surface area contributed by atoms with Crippen molar-refractivity contribution in [1.29, 1.82) is 5.41 Å². The lowest BCUT2D eigenvalue weighted by molar-refractivity contribution is -0.142. The van der Waals surface area contributed by atoms with Crippen molar-refractivity contribution >= 4 is 29.7 Å². The second-order valence-electron chi connectivity index (χ2n) is 8.75. The zero-order chi connectivity index (χ0) is 25.2. The first kappa shape index (κ1) is 25.7. The summed E-state index contributed by atoms with van der Waals surface area (Å²) in [7, 11) is 0. The van der Waals surface area contributed by atoms with Gasteiger partial charge < -0.3 is 21.1 Å². The molecular weight excluding hydrogens is 444 g/mol. The van der Waals surface area contributed by atoms with Gasteiger partial charge >= 0.3 is 5.97 Å². The SMILES string of the molecule is N=C(N)c1ccc(C=CCNC(=O)C[C@@H]2C[C@@H](CC(=O)O)C(=O)N2CCCc2ccccc2)cc1. The Hall–Kier alpha value is -3.94. The van der Waals surface area contributed by atoms with Crippen LogP contribution in [0.3, 0.4) is 0 Å². The Morgan fingerprint density at radius 2 is 1.83 bits per heavy atom. The van der Waals surface area contributed by atoms with E-state index in [4.69, 9.17) is 11.1 Å². The smallest absolute Gasteiger partial charge is 0.304 e. The largest absolute Gasteiger partial charge is 0.481 e. The number of carbonyl (C=O) groups is 3. The molecule has 0 spiro atoms. The van der Waals surface area contributed by atoms with Crippen LogP contribution in [0.25, 0.3) is 6.08 Å². The van der Waals surface area contributed by atoms with Crippen molar-refractivity contribution in [2.45, 2.75) is 38.1 Å². The number of carbonyl (C=O) groups excluding carboxylic acids is 2. The van der Waals surface area contributed by atoms with Crippen LogP contribution in [0.5, 0.6) is 0 Å². The number of amides is 2. The van der Waals surface area contributed by atoms with Crippen LogP contribution in [0, 0.1) is 11.3 Å². The Bertz CT molecular complexity index is 1070. The molecule has 3 rings (SSSR count). The van der Waals surface area contributed by atoms with Crippen molar-refractivity contribution in [1.82, 2.24) is 10.2 Å². The van der Waals surface area contributed by atoms with Crippen LogP contribution in [-0.2, 0) is 20.8 Å². The molecule has 0 bridgehead atoms. The number of nitrogen functional groups attached to an aromatic ring is 1. The summed E-state index contributed by atoms with van der Waals surface area (Å²) in [5, 5.41) is 19.4. The molecule has 35 heavy (non-hydrogen) atoms. The molecule has 8 heteroatoms. The quantitative estimate of drug-likeness (QED) is 0.276. The van der Waals surface area contributed by atoms with Crippen molar-refractivity contribution in [3.8, 4) is 0 Å². The maximum atomic E-state index is 12.9. The van der Waals surface area contributed by atoms with Crippen LogP contribution in [0.1, 0.15) is 42.4 Å². The summed E-state index contributed by atoms with van der Waals surface area (Å²) in [6.45, 7) is 0.832. The van der Waals surface area contributed by atoms with Crippen molar-refractivity contribution < 1.29 is 19.5 Å². The van der Waals surface area contributed by atoms with E-state index in [9.17, 15) is 19.5 Å². The Kier molecular flexibility index (Phi) is 9.17. The molecular formula is C27H32N4O4. The molecule has 0 unspecified atom stereocenters. The van der Waals surface area contributed by atoms with Gasteiger partial charge in [0.2, 0.25) is 11.8 Å². The van der Waals surface area contributed by atoms with E-state index in [0.29, 0.717) is 25.1 Å². The molecule has 5 N–H and O–H groups in total. The van der Waals surface area contributed by atoms with E-state index in [1.807, 2.05) is 54.6 Å². The monoisotopic (exact) mass is 476 g/mol. The number of benzene rings is 2. The van der Waals surface area contributed by atoms with Crippen LogP contribution >= 0.6 is 0 Å². The molecule has 1 fully saturated rings. The van der Waals surface area contributed by atoms with E-state index >= 15 is 0 Å². The van der Waals surface area contributed by atoms with Crippen LogP contribution in [0.2, 0.25) is 0 Å². The molecule has 1 aliphatic heterocycles. The fraction of sp³-hybridized carbons (Fsp3) is 0.333. The molecule has 0 aromatic heterocycles. The molecule has 0 saturated carbocycles. The van der Waals surface area contributed by atoms with Gasteiger partial charge in [0.05, 0.1) is 12.3 Å². The summed E-state index contributed by atoms with van der Waals surface area (Å²) in [6, 6.07) is 16.9. The van der Waals surface area contributed by atoms with E-state index in [1.165, 1.54) is 5.56 Å². The number of rotatable bonds is 12. The minimum absolute atomic E-state index is 0.0119. The van der Waals surface area contributed by atoms with Crippen molar-refractivity contribution in [2.75, 3.05) is 13.1 Å². The number of nitrogens with two attached hydrogens (primary N) is 1. The molecule has 1 heterocycles. The number of amidine groups is 1. The number of hydrogen-bond donors (Lipinski definition) is 4. The maximum absolute atomic E-state index is 12.9. The number of hydrogen-bond acceptors (Lipinski definition) is 4. The van der Waals surface area contributed by atoms with Gasteiger partial charge in [0.15, 0.2) is 0 Å². The Labute approximate surface area is 205 Å². The van der Waals surface area contributed by atoms with Gasteiger partial charge in [0, 0.05) is 31.1 Å². The molecule has 2 aromatic carbocycles. The third-order valence-corrected chi connectivity index (χ3v) is 6.13. The fourth-order valence-electron chi connectivity index (χ4n) is 4.36. The number of likely N-dealkylation sites (tertiary alicyclic amines) is 1. The Morgan fingerprint density at radius 3 is 2.49 bits per heavy atom. The van der Waals surface area contributed by atoms with E-state index in [-0.39, 0.29) is 36.5 Å². The maximum Gasteiger partial charge on any atom is 0.304 e. The highest BCUT2D eigenvalue weighted by atomic mass is 16.4. The first-order valence-corrected chi connectivity index (χ1v) is 11.8. The lowest BCUT2D eigenvalue weighted by atomic mass is 10.00. The van der Waals surface area contributed by atoms with E-state index in [2.05, 4.69) is 5.32 Å². The van der Waals surface area contributed by atoms with E-state index in [1.54, 1.807) is 17.0 Å². The van der Waals surface area contributed by atoms with Gasteiger partial charge in [-0.2, -0.15) is 0 Å². The Balaban J connectivity index is 1.52. The van der Waals surface area contributed by atoms with E-state index < -0.39 is 11.9 Å². The summed E-state index contributed by atoms with van der Waals surface area (Å²) in [5.41, 5.74) is 8.21. The van der Waals surface area contributed by atoms with Gasteiger partial charge in [-0.3, -0.25) is 19.8 Å². The summed E-state index contributed by atoms with van der Waals surface area (Å²) >= 11 is 0. The average Bonchev–Trinajstić information content (AvgIpc) is 3.11. The number of carboxylic acids is 1. The highest BCUT2D eigenvalue weighted by molar-refractivity contribution is 5.95. The van der Waals surface area contributed by atoms with Crippen LogP contribution in [0.4, 0.5) is 0 Å². The minimum Gasteiger partial charge on any atom is -0.481 e. The molecule has 0 radical (unpaired) electrons. The molecule has 184 valence electrons. The number of carboxylic acid groups (broad SMARTS) is 1. The molecule has 2 atom stereocenters. The van der Waals surface area contributed by atoms with Gasteiger partial charge in [-0.25, -0.2) is 0 Å². The minimum atomic E-state index is -1.00. The second-order valence-corrected chi connectivity index (χ2v) is 8.75. The van der Waals surface area contributed by atoms with E-state index in [0.717, 1.165) is 18.4 Å². The zero-order valence-corrected chi connectivity index (χ0v) is 19.7. The first-order valence-electron chi connectivity index (χ1n) is 11.8. The van der Waals surface area contributed by atoms with Crippen molar-refractivity contribution in [3.63, 3.8) is 0 Å². The summed E-state index contributed by atoms with van der Waals surface area (Å²) in [6.07, 6.45) is 5.56. The predicted molar refractivity (Wildman–Crippen MR) is 135 cm³/mol. The van der Waals surface area contributed by atoms with Crippen molar-refractivity contribution in [2.24, 2.45) is 11.7 Å². The van der Waals surface area contributed by atoms with Crippen LogP contribution in [-0.4, -0.2) is 52.8 Å². The summed E-state index contributed by atoms with van der Waals surface area (Å²) in [4.78, 5) is 38.3. The number of aryl methyl sites for hydroxylation is 1. The lowest BCUT2D eigenvalue weighted by Gasteiger charge is -2.24. The highest BCUT2D eigenvalue weighted by Crippen LogP contribution is 2.29. The van der Waals surface area contributed by atoms with Crippen LogP contribution < -0.4 is 11.1 Å². The highest BCUT2D eigenvalue weighted by Gasteiger charge is 2.40. The molecule has 8 nitrogen and oxygen atoms in total. The third-order valence-electron chi connectivity index (χ3n) is 6.13. The van der Waals surface area contributed by atoms with Gasteiger partial charge in [-0.1, -0.05) is 66.7 Å². The number of aliphatic carboxylic acids is 1. The topological polar surface area (TPSA) is 137 Å². The van der Waals surface area contributed by atoms with Gasteiger partial charge in [0.25, 0.3) is 0 Å². The molecule has 1 saturated heterocycles. The average molecular weight is 477 g/mol. The normalized spacial score (nSPS) is 17.6.